The lowest BCUT2D eigenvalue weighted by atomic mass is 9.93. The van der Waals surface area contributed by atoms with Gasteiger partial charge in [-0.15, -0.1) is 11.3 Å². The van der Waals surface area contributed by atoms with Crippen LogP contribution in [0.1, 0.15) is 36.2 Å². The van der Waals surface area contributed by atoms with E-state index in [4.69, 9.17) is 0 Å². The maximum Gasteiger partial charge on any atom is 0.332 e. The van der Waals surface area contributed by atoms with E-state index in [9.17, 15) is 14.4 Å². The topological polar surface area (TPSA) is 115 Å². The van der Waals surface area contributed by atoms with E-state index in [-0.39, 0.29) is 17.8 Å². The zero-order valence-corrected chi connectivity index (χ0v) is 16.9. The number of amides is 1. The molecule has 1 aliphatic rings. The molecular formula is C18H22N6O3S. The van der Waals surface area contributed by atoms with E-state index in [1.165, 1.54) is 16.5 Å². The Bertz CT molecular complexity index is 1180. The molecule has 9 nitrogen and oxygen atoms in total. The molecule has 1 amide bonds. The average molecular weight is 402 g/mol. The quantitative estimate of drug-likeness (QED) is 0.678. The Morgan fingerprint density at radius 1 is 1.29 bits per heavy atom. The van der Waals surface area contributed by atoms with E-state index < -0.39 is 11.2 Å². The third-order valence-electron chi connectivity index (χ3n) is 5.17. The van der Waals surface area contributed by atoms with Gasteiger partial charge in [0.1, 0.15) is 11.3 Å². The number of hydrogen-bond acceptors (Lipinski definition) is 6. The first kappa shape index (κ1) is 18.6. The molecule has 3 aromatic heterocycles. The molecule has 10 heteroatoms. The molecule has 0 fully saturated rings. The minimum atomic E-state index is -0.435. The van der Waals surface area contributed by atoms with Crippen molar-refractivity contribution in [2.24, 2.45) is 20.0 Å². The lowest BCUT2D eigenvalue weighted by Gasteiger charge is -2.15. The van der Waals surface area contributed by atoms with Crippen LogP contribution in [-0.4, -0.2) is 30.0 Å². The van der Waals surface area contributed by atoms with Gasteiger partial charge in [0, 0.05) is 31.8 Å². The molecule has 148 valence electrons. The fourth-order valence-electron chi connectivity index (χ4n) is 3.50. The number of nitrogens with zero attached hydrogens (tertiary/aromatic N) is 4. The number of fused-ring (bicyclic) bond motifs is 2. The number of hydrogen-bond donors (Lipinski definition) is 2. The van der Waals surface area contributed by atoms with Crippen LogP contribution in [0.25, 0.3) is 11.2 Å². The van der Waals surface area contributed by atoms with E-state index in [0.29, 0.717) is 28.9 Å². The standard InChI is InChI=1S/C18H22N6O3S/c1-9-4-5-10-11(8-9)28-17(19-10)22-13(25)7-6-12-20-14-15(21-12)23(2)18(27)24(3)16(14)26/h9H,4-8H2,1-3H3,(H,20,21)(H,19,22,25). The molecule has 1 unspecified atom stereocenters. The van der Waals surface area contributed by atoms with Gasteiger partial charge >= 0.3 is 5.69 Å². The van der Waals surface area contributed by atoms with E-state index in [0.717, 1.165) is 29.5 Å². The summed E-state index contributed by atoms with van der Waals surface area (Å²) in [5, 5.41) is 3.51. The number of imidazole rings is 1. The van der Waals surface area contributed by atoms with Crippen LogP contribution in [0, 0.1) is 5.92 Å². The summed E-state index contributed by atoms with van der Waals surface area (Å²) in [5.74, 6) is 1.00. The van der Waals surface area contributed by atoms with Crippen molar-refractivity contribution in [2.75, 3.05) is 5.32 Å². The van der Waals surface area contributed by atoms with Crippen LogP contribution in [0.4, 0.5) is 5.13 Å². The number of thiazole rings is 1. The first-order valence-corrected chi connectivity index (χ1v) is 10.1. The van der Waals surface area contributed by atoms with Gasteiger partial charge in [-0.3, -0.25) is 18.7 Å². The Kier molecular flexibility index (Phi) is 4.66. The molecule has 3 heterocycles. The molecule has 28 heavy (non-hydrogen) atoms. The van der Waals surface area contributed by atoms with E-state index in [1.807, 2.05) is 0 Å². The summed E-state index contributed by atoms with van der Waals surface area (Å²) in [6.45, 7) is 2.23. The molecule has 2 N–H and O–H groups in total. The van der Waals surface area contributed by atoms with Crippen LogP contribution in [-0.2, 0) is 38.2 Å². The summed E-state index contributed by atoms with van der Waals surface area (Å²) in [5.41, 5.74) is 0.804. The Morgan fingerprint density at radius 2 is 2.07 bits per heavy atom. The van der Waals surface area contributed by atoms with Crippen molar-refractivity contribution in [1.29, 1.82) is 0 Å². The number of nitrogens with one attached hydrogen (secondary N) is 2. The maximum atomic E-state index is 12.3. The minimum absolute atomic E-state index is 0.151. The van der Waals surface area contributed by atoms with Crippen LogP contribution in [0.15, 0.2) is 9.59 Å². The van der Waals surface area contributed by atoms with Crippen LogP contribution < -0.4 is 16.6 Å². The second kappa shape index (κ2) is 7.01. The maximum absolute atomic E-state index is 12.3. The van der Waals surface area contributed by atoms with Gasteiger partial charge in [-0.2, -0.15) is 0 Å². The molecule has 0 spiro atoms. The number of anilines is 1. The van der Waals surface area contributed by atoms with Crippen LogP contribution in [0.3, 0.4) is 0 Å². The second-order valence-electron chi connectivity index (χ2n) is 7.37. The average Bonchev–Trinajstić information content (AvgIpc) is 3.26. The summed E-state index contributed by atoms with van der Waals surface area (Å²) in [7, 11) is 2.99. The van der Waals surface area contributed by atoms with E-state index in [2.05, 4.69) is 27.2 Å². The molecule has 0 saturated carbocycles. The van der Waals surface area contributed by atoms with Crippen molar-refractivity contribution in [3.63, 3.8) is 0 Å². The van der Waals surface area contributed by atoms with E-state index >= 15 is 0 Å². The van der Waals surface area contributed by atoms with Crippen molar-refractivity contribution < 1.29 is 4.79 Å². The largest absolute Gasteiger partial charge is 0.336 e. The zero-order chi connectivity index (χ0) is 20.0. The first-order chi connectivity index (χ1) is 13.3. The zero-order valence-electron chi connectivity index (χ0n) is 16.0. The Morgan fingerprint density at radius 3 is 2.86 bits per heavy atom. The van der Waals surface area contributed by atoms with Crippen molar-refractivity contribution in [1.82, 2.24) is 24.1 Å². The predicted molar refractivity (Wildman–Crippen MR) is 107 cm³/mol. The summed E-state index contributed by atoms with van der Waals surface area (Å²) < 4.78 is 2.35. The monoisotopic (exact) mass is 402 g/mol. The predicted octanol–water partition coefficient (Wildman–Crippen LogP) is 1.11. The lowest BCUT2D eigenvalue weighted by Crippen LogP contribution is -2.36. The number of rotatable bonds is 4. The van der Waals surface area contributed by atoms with Gasteiger partial charge in [0.05, 0.1) is 5.69 Å². The molecule has 0 saturated heterocycles. The van der Waals surface area contributed by atoms with Gasteiger partial charge < -0.3 is 10.3 Å². The fraction of sp³-hybridized carbons (Fsp3) is 0.500. The van der Waals surface area contributed by atoms with Crippen LogP contribution in [0.5, 0.6) is 0 Å². The van der Waals surface area contributed by atoms with Gasteiger partial charge in [-0.1, -0.05) is 6.92 Å². The van der Waals surface area contributed by atoms with Crippen LogP contribution >= 0.6 is 11.3 Å². The lowest BCUT2D eigenvalue weighted by molar-refractivity contribution is -0.116. The van der Waals surface area contributed by atoms with Gasteiger partial charge in [-0.05, 0) is 25.2 Å². The summed E-state index contributed by atoms with van der Waals surface area (Å²) >= 11 is 1.55. The molecule has 1 atom stereocenters. The molecule has 0 bridgehead atoms. The first-order valence-electron chi connectivity index (χ1n) is 9.26. The SMILES string of the molecule is CC1CCc2nc(NC(=O)CCc3nc4c([nH]3)c(=O)n(C)c(=O)n4C)sc2C1. The number of aromatic nitrogens is 5. The third kappa shape index (κ3) is 3.28. The van der Waals surface area contributed by atoms with Gasteiger partial charge in [0.15, 0.2) is 10.8 Å². The normalized spacial score (nSPS) is 16.3. The molecule has 0 aliphatic heterocycles. The van der Waals surface area contributed by atoms with Crippen molar-refractivity contribution in [3.8, 4) is 0 Å². The highest BCUT2D eigenvalue weighted by Crippen LogP contribution is 2.32. The summed E-state index contributed by atoms with van der Waals surface area (Å²) in [6.07, 6.45) is 3.66. The number of aromatic amines is 1. The third-order valence-corrected chi connectivity index (χ3v) is 6.20. The highest BCUT2D eigenvalue weighted by molar-refractivity contribution is 7.15. The molecular weight excluding hydrogens is 380 g/mol. The molecule has 3 aromatic rings. The van der Waals surface area contributed by atoms with Crippen LogP contribution in [0.2, 0.25) is 0 Å². The Labute approximate surface area is 164 Å². The fourth-order valence-corrected chi connectivity index (χ4v) is 4.69. The summed E-state index contributed by atoms with van der Waals surface area (Å²) in [4.78, 5) is 49.6. The number of H-pyrrole nitrogens is 1. The van der Waals surface area contributed by atoms with Crippen molar-refractivity contribution in [2.45, 2.75) is 39.0 Å². The second-order valence-corrected chi connectivity index (χ2v) is 8.46. The highest BCUT2D eigenvalue weighted by atomic mass is 32.1. The molecule has 1 aliphatic carbocycles. The Hall–Kier alpha value is -2.75. The number of carbonyl (C=O) groups is 1. The molecule has 4 rings (SSSR count). The van der Waals surface area contributed by atoms with Gasteiger partial charge in [0.25, 0.3) is 5.56 Å². The minimum Gasteiger partial charge on any atom is -0.336 e. The van der Waals surface area contributed by atoms with Gasteiger partial charge in [0.2, 0.25) is 5.91 Å². The number of aryl methyl sites for hydroxylation is 3. The number of carbonyl (C=O) groups excluding carboxylic acids is 1. The summed E-state index contributed by atoms with van der Waals surface area (Å²) in [6, 6.07) is 0. The molecule has 0 radical (unpaired) electrons. The Balaban J connectivity index is 1.45. The van der Waals surface area contributed by atoms with Gasteiger partial charge in [-0.25, -0.2) is 14.8 Å². The van der Waals surface area contributed by atoms with Crippen molar-refractivity contribution >= 4 is 33.5 Å². The smallest absolute Gasteiger partial charge is 0.332 e. The highest BCUT2D eigenvalue weighted by Gasteiger charge is 2.20. The van der Waals surface area contributed by atoms with Crippen molar-refractivity contribution in [3.05, 3.63) is 37.2 Å². The molecule has 0 aromatic carbocycles. The van der Waals surface area contributed by atoms with E-state index in [1.54, 1.807) is 18.4 Å².